The molecule has 3 rings (SSSR count). The van der Waals surface area contributed by atoms with Crippen LogP contribution in [0.3, 0.4) is 0 Å². The molecule has 3 heterocycles. The smallest absolute Gasteiger partial charge is 0.433 e. The van der Waals surface area contributed by atoms with Crippen molar-refractivity contribution >= 4 is 23.5 Å². The minimum absolute atomic E-state index is 0.00231. The van der Waals surface area contributed by atoms with E-state index in [1.165, 1.54) is 6.07 Å². The highest BCUT2D eigenvalue weighted by molar-refractivity contribution is 7.98. The number of amides is 1. The van der Waals surface area contributed by atoms with Gasteiger partial charge in [-0.25, -0.2) is 9.97 Å². The molecule has 11 heteroatoms. The second kappa shape index (κ2) is 10.4. The summed E-state index contributed by atoms with van der Waals surface area (Å²) in [6.45, 7) is 5.86. The number of carbonyl (C=O) groups is 1. The van der Waals surface area contributed by atoms with Crippen LogP contribution in [0.1, 0.15) is 48.7 Å². The first-order valence-electron chi connectivity index (χ1n) is 10.1. The SMILES string of the molecule is CCN(CC)c1cc(C(F)(F)F)nc(SCc2ccc(C(=O)NCC3CCCO3)o2)n1. The quantitative estimate of drug-likeness (QED) is 0.447. The van der Waals surface area contributed by atoms with Crippen LogP contribution in [-0.4, -0.2) is 48.2 Å². The number of halogens is 3. The zero-order valence-corrected chi connectivity index (χ0v) is 18.2. The maximum atomic E-state index is 13.3. The number of nitrogens with zero attached hydrogens (tertiary/aromatic N) is 3. The van der Waals surface area contributed by atoms with Gasteiger partial charge < -0.3 is 19.4 Å². The summed E-state index contributed by atoms with van der Waals surface area (Å²) < 4.78 is 50.8. The summed E-state index contributed by atoms with van der Waals surface area (Å²) in [5, 5.41) is 2.76. The molecule has 1 fully saturated rings. The van der Waals surface area contributed by atoms with E-state index in [0.29, 0.717) is 32.0 Å². The lowest BCUT2D eigenvalue weighted by molar-refractivity contribution is -0.141. The van der Waals surface area contributed by atoms with Gasteiger partial charge in [-0.2, -0.15) is 13.2 Å². The van der Waals surface area contributed by atoms with E-state index in [2.05, 4.69) is 15.3 Å². The predicted octanol–water partition coefficient (Wildman–Crippen LogP) is 4.14. The number of furan rings is 1. The van der Waals surface area contributed by atoms with Crippen LogP contribution in [0.4, 0.5) is 19.0 Å². The van der Waals surface area contributed by atoms with Gasteiger partial charge in [0.15, 0.2) is 16.6 Å². The van der Waals surface area contributed by atoms with Crippen LogP contribution in [0, 0.1) is 0 Å². The molecule has 1 N–H and O–H groups in total. The molecule has 0 radical (unpaired) electrons. The first kappa shape index (κ1) is 23.4. The van der Waals surface area contributed by atoms with Gasteiger partial charge in [-0.05, 0) is 38.8 Å². The molecule has 2 aromatic heterocycles. The molecule has 1 amide bonds. The van der Waals surface area contributed by atoms with Gasteiger partial charge in [0, 0.05) is 32.3 Å². The van der Waals surface area contributed by atoms with Gasteiger partial charge in [0.1, 0.15) is 11.6 Å². The molecule has 2 aromatic rings. The average molecular weight is 459 g/mol. The van der Waals surface area contributed by atoms with Gasteiger partial charge in [0.25, 0.3) is 5.91 Å². The number of hydrogen-bond acceptors (Lipinski definition) is 7. The van der Waals surface area contributed by atoms with E-state index in [0.717, 1.165) is 30.7 Å². The van der Waals surface area contributed by atoms with Gasteiger partial charge in [-0.3, -0.25) is 4.79 Å². The van der Waals surface area contributed by atoms with Gasteiger partial charge in [-0.15, -0.1) is 0 Å². The van der Waals surface area contributed by atoms with E-state index in [9.17, 15) is 18.0 Å². The fraction of sp³-hybridized carbons (Fsp3) is 0.550. The van der Waals surface area contributed by atoms with E-state index < -0.39 is 11.9 Å². The number of alkyl halides is 3. The molecule has 0 saturated carbocycles. The minimum Gasteiger partial charge on any atom is -0.455 e. The summed E-state index contributed by atoms with van der Waals surface area (Å²) in [5.74, 6) is 0.646. The number of anilines is 1. The molecule has 1 aliphatic heterocycles. The van der Waals surface area contributed by atoms with Crippen molar-refractivity contribution in [3.8, 4) is 0 Å². The van der Waals surface area contributed by atoms with Crippen molar-refractivity contribution in [1.29, 1.82) is 0 Å². The highest BCUT2D eigenvalue weighted by Gasteiger charge is 2.34. The standard InChI is InChI=1S/C20H25F3N4O3S/c1-3-27(4-2)17-10-16(20(21,22)23)25-19(26-17)31-12-14-7-8-15(30-14)18(28)24-11-13-6-5-9-29-13/h7-8,10,13H,3-6,9,11-12H2,1-2H3,(H,24,28). The number of nitrogens with one attached hydrogen (secondary N) is 1. The Hall–Kier alpha value is -2.27. The summed E-state index contributed by atoms with van der Waals surface area (Å²) in [5.41, 5.74) is -0.986. The topological polar surface area (TPSA) is 80.5 Å². The maximum Gasteiger partial charge on any atom is 0.433 e. The maximum absolute atomic E-state index is 13.3. The lowest BCUT2D eigenvalue weighted by Crippen LogP contribution is -2.31. The van der Waals surface area contributed by atoms with Crippen molar-refractivity contribution in [2.75, 3.05) is 31.1 Å². The molecular formula is C20H25F3N4O3S. The van der Waals surface area contributed by atoms with Crippen molar-refractivity contribution < 1.29 is 27.1 Å². The zero-order valence-electron chi connectivity index (χ0n) is 17.4. The largest absolute Gasteiger partial charge is 0.455 e. The number of aromatic nitrogens is 2. The molecule has 1 unspecified atom stereocenters. The number of thioether (sulfide) groups is 1. The van der Waals surface area contributed by atoms with Crippen LogP contribution >= 0.6 is 11.8 Å². The van der Waals surface area contributed by atoms with E-state index in [-0.39, 0.29) is 34.5 Å². The third-order valence-corrected chi connectivity index (χ3v) is 5.68. The molecule has 1 aliphatic rings. The third kappa shape index (κ3) is 6.36. The lowest BCUT2D eigenvalue weighted by atomic mass is 10.2. The molecule has 170 valence electrons. The highest BCUT2D eigenvalue weighted by atomic mass is 32.2. The van der Waals surface area contributed by atoms with Crippen molar-refractivity contribution in [1.82, 2.24) is 15.3 Å². The van der Waals surface area contributed by atoms with Gasteiger partial charge in [0.2, 0.25) is 0 Å². The summed E-state index contributed by atoms with van der Waals surface area (Å²) >= 11 is 1.02. The summed E-state index contributed by atoms with van der Waals surface area (Å²) in [4.78, 5) is 21.8. The number of rotatable bonds is 9. The van der Waals surface area contributed by atoms with Crippen LogP contribution in [0.2, 0.25) is 0 Å². The first-order valence-corrected chi connectivity index (χ1v) is 11.1. The summed E-state index contributed by atoms with van der Waals surface area (Å²) in [7, 11) is 0. The van der Waals surface area contributed by atoms with Crippen LogP contribution in [-0.2, 0) is 16.7 Å². The van der Waals surface area contributed by atoms with Crippen LogP contribution in [0.5, 0.6) is 0 Å². The first-order chi connectivity index (χ1) is 14.8. The summed E-state index contributed by atoms with van der Waals surface area (Å²) in [6, 6.07) is 4.11. The number of carbonyl (C=O) groups excluding carboxylic acids is 1. The third-order valence-electron chi connectivity index (χ3n) is 4.81. The average Bonchev–Trinajstić information content (AvgIpc) is 3.43. The second-order valence-corrected chi connectivity index (χ2v) is 7.91. The molecule has 0 aromatic carbocycles. The van der Waals surface area contributed by atoms with Crippen LogP contribution in [0.25, 0.3) is 0 Å². The lowest BCUT2D eigenvalue weighted by Gasteiger charge is -2.21. The minimum atomic E-state index is -4.57. The highest BCUT2D eigenvalue weighted by Crippen LogP contribution is 2.32. The zero-order chi connectivity index (χ0) is 22.4. The Kier molecular flexibility index (Phi) is 7.82. The Morgan fingerprint density at radius 3 is 2.71 bits per heavy atom. The van der Waals surface area contributed by atoms with Crippen molar-refractivity contribution in [2.45, 2.75) is 49.9 Å². The van der Waals surface area contributed by atoms with Crippen molar-refractivity contribution in [3.05, 3.63) is 35.4 Å². The molecule has 7 nitrogen and oxygen atoms in total. The Labute approximate surface area is 182 Å². The molecule has 0 spiro atoms. The predicted molar refractivity (Wildman–Crippen MR) is 110 cm³/mol. The van der Waals surface area contributed by atoms with E-state index in [1.807, 2.05) is 13.8 Å². The fourth-order valence-corrected chi connectivity index (χ4v) is 3.89. The molecule has 1 atom stereocenters. The Morgan fingerprint density at radius 2 is 2.06 bits per heavy atom. The Bertz CT molecular complexity index is 881. The fourth-order valence-electron chi connectivity index (χ4n) is 3.14. The van der Waals surface area contributed by atoms with Gasteiger partial charge >= 0.3 is 6.18 Å². The van der Waals surface area contributed by atoms with Crippen LogP contribution in [0.15, 0.2) is 27.8 Å². The molecule has 31 heavy (non-hydrogen) atoms. The molecule has 1 saturated heterocycles. The molecule has 0 aliphatic carbocycles. The number of hydrogen-bond donors (Lipinski definition) is 1. The van der Waals surface area contributed by atoms with E-state index >= 15 is 0 Å². The molecular weight excluding hydrogens is 433 g/mol. The van der Waals surface area contributed by atoms with Crippen molar-refractivity contribution in [3.63, 3.8) is 0 Å². The number of ether oxygens (including phenoxy) is 1. The van der Waals surface area contributed by atoms with Gasteiger partial charge in [-0.1, -0.05) is 11.8 Å². The molecule has 0 bridgehead atoms. The van der Waals surface area contributed by atoms with E-state index in [1.54, 1.807) is 11.0 Å². The normalized spacial score (nSPS) is 16.5. The van der Waals surface area contributed by atoms with Crippen molar-refractivity contribution in [2.24, 2.45) is 0 Å². The second-order valence-electron chi connectivity index (χ2n) is 6.96. The van der Waals surface area contributed by atoms with E-state index in [4.69, 9.17) is 9.15 Å². The summed E-state index contributed by atoms with van der Waals surface area (Å²) in [6.07, 6.45) is -2.66. The van der Waals surface area contributed by atoms with Gasteiger partial charge in [0.05, 0.1) is 11.9 Å². The van der Waals surface area contributed by atoms with Crippen LogP contribution < -0.4 is 10.2 Å². The Balaban J connectivity index is 1.65. The Morgan fingerprint density at radius 1 is 1.29 bits per heavy atom. The monoisotopic (exact) mass is 458 g/mol.